The molecule has 82 valence electrons. The van der Waals surface area contributed by atoms with E-state index in [1.54, 1.807) is 0 Å². The quantitative estimate of drug-likeness (QED) is 0.804. The van der Waals surface area contributed by atoms with Crippen molar-refractivity contribution in [3.8, 4) is 0 Å². The van der Waals surface area contributed by atoms with E-state index < -0.39 is 0 Å². The first kappa shape index (κ1) is 10.6. The second-order valence-electron chi connectivity index (χ2n) is 4.80. The third kappa shape index (κ3) is 2.57. The summed E-state index contributed by atoms with van der Waals surface area (Å²) in [5.41, 5.74) is 7.31. The second-order valence-corrected chi connectivity index (χ2v) is 4.80. The number of hydrogen-bond acceptors (Lipinski definition) is 2. The van der Waals surface area contributed by atoms with Crippen LogP contribution in [-0.2, 0) is 0 Å². The molecule has 0 spiro atoms. The van der Waals surface area contributed by atoms with E-state index in [1.807, 2.05) is 24.4 Å². The molecule has 1 saturated carbocycles. The lowest BCUT2D eigenvalue weighted by Gasteiger charge is -2.30. The lowest BCUT2D eigenvalue weighted by molar-refractivity contribution is 0.254. The zero-order chi connectivity index (χ0) is 10.7. The Morgan fingerprint density at radius 3 is 2.60 bits per heavy atom. The molecule has 0 radical (unpaired) electrons. The highest BCUT2D eigenvalue weighted by Gasteiger charge is 2.24. The SMILES string of the molecule is CC1CCC([C@@H](N)c2ccccn2)CC1. The summed E-state index contributed by atoms with van der Waals surface area (Å²) >= 11 is 0. The Morgan fingerprint density at radius 1 is 1.27 bits per heavy atom. The van der Waals surface area contributed by atoms with Crippen molar-refractivity contribution in [3.05, 3.63) is 30.1 Å². The molecule has 1 heterocycles. The molecular weight excluding hydrogens is 184 g/mol. The van der Waals surface area contributed by atoms with Crippen molar-refractivity contribution < 1.29 is 0 Å². The molecule has 0 aromatic carbocycles. The zero-order valence-electron chi connectivity index (χ0n) is 9.39. The largest absolute Gasteiger partial charge is 0.322 e. The minimum absolute atomic E-state index is 0.138. The molecule has 2 rings (SSSR count). The Hall–Kier alpha value is -0.890. The van der Waals surface area contributed by atoms with Gasteiger partial charge in [0.1, 0.15) is 0 Å². The number of hydrogen-bond donors (Lipinski definition) is 1. The number of rotatable bonds is 2. The van der Waals surface area contributed by atoms with Crippen molar-refractivity contribution in [2.24, 2.45) is 17.6 Å². The van der Waals surface area contributed by atoms with Gasteiger partial charge in [-0.25, -0.2) is 0 Å². The molecule has 15 heavy (non-hydrogen) atoms. The van der Waals surface area contributed by atoms with E-state index >= 15 is 0 Å². The summed E-state index contributed by atoms with van der Waals surface area (Å²) in [6.07, 6.45) is 7.01. The normalized spacial score (nSPS) is 28.7. The van der Waals surface area contributed by atoms with Gasteiger partial charge in [0.05, 0.1) is 5.69 Å². The van der Waals surface area contributed by atoms with E-state index in [9.17, 15) is 0 Å². The van der Waals surface area contributed by atoms with Gasteiger partial charge in [-0.1, -0.05) is 25.8 Å². The van der Waals surface area contributed by atoms with Crippen LogP contribution in [0, 0.1) is 11.8 Å². The highest BCUT2D eigenvalue weighted by molar-refractivity contribution is 5.09. The Morgan fingerprint density at radius 2 is 2.00 bits per heavy atom. The smallest absolute Gasteiger partial charge is 0.0573 e. The molecule has 1 aliphatic rings. The van der Waals surface area contributed by atoms with Crippen molar-refractivity contribution >= 4 is 0 Å². The van der Waals surface area contributed by atoms with Crippen LogP contribution in [0.15, 0.2) is 24.4 Å². The van der Waals surface area contributed by atoms with Crippen LogP contribution < -0.4 is 5.73 Å². The van der Waals surface area contributed by atoms with Crippen molar-refractivity contribution in [2.75, 3.05) is 0 Å². The van der Waals surface area contributed by atoms with Crippen molar-refractivity contribution in [2.45, 2.75) is 38.6 Å². The van der Waals surface area contributed by atoms with Gasteiger partial charge >= 0.3 is 0 Å². The number of aromatic nitrogens is 1. The van der Waals surface area contributed by atoms with Gasteiger partial charge in [-0.05, 0) is 36.8 Å². The van der Waals surface area contributed by atoms with Gasteiger partial charge in [-0.3, -0.25) is 4.98 Å². The average Bonchev–Trinajstić information content (AvgIpc) is 2.30. The molecule has 2 nitrogen and oxygen atoms in total. The van der Waals surface area contributed by atoms with E-state index in [0.717, 1.165) is 11.6 Å². The average molecular weight is 204 g/mol. The van der Waals surface area contributed by atoms with E-state index in [1.165, 1.54) is 25.7 Å². The predicted octanol–water partition coefficient (Wildman–Crippen LogP) is 2.91. The molecule has 0 bridgehead atoms. The lowest BCUT2D eigenvalue weighted by Crippen LogP contribution is -2.26. The fourth-order valence-corrected chi connectivity index (χ4v) is 2.46. The summed E-state index contributed by atoms with van der Waals surface area (Å²) in [5, 5.41) is 0. The molecule has 1 atom stereocenters. The molecule has 1 aliphatic carbocycles. The highest BCUT2D eigenvalue weighted by atomic mass is 14.8. The van der Waals surface area contributed by atoms with Crippen LogP contribution in [0.2, 0.25) is 0 Å². The molecular formula is C13H20N2. The molecule has 1 aromatic heterocycles. The highest BCUT2D eigenvalue weighted by Crippen LogP contribution is 2.34. The first-order valence-electron chi connectivity index (χ1n) is 5.94. The summed E-state index contributed by atoms with van der Waals surface area (Å²) in [6, 6.07) is 6.15. The Labute approximate surface area is 91.9 Å². The summed E-state index contributed by atoms with van der Waals surface area (Å²) < 4.78 is 0. The number of pyridine rings is 1. The van der Waals surface area contributed by atoms with Gasteiger partial charge in [0.15, 0.2) is 0 Å². The van der Waals surface area contributed by atoms with E-state index in [4.69, 9.17) is 5.73 Å². The molecule has 1 fully saturated rings. The minimum Gasteiger partial charge on any atom is -0.322 e. The molecule has 0 aliphatic heterocycles. The predicted molar refractivity (Wildman–Crippen MR) is 62.3 cm³/mol. The van der Waals surface area contributed by atoms with E-state index in [0.29, 0.717) is 5.92 Å². The van der Waals surface area contributed by atoms with Crippen molar-refractivity contribution in [3.63, 3.8) is 0 Å². The molecule has 2 heteroatoms. The van der Waals surface area contributed by atoms with Crippen LogP contribution in [0.3, 0.4) is 0 Å². The van der Waals surface area contributed by atoms with Gasteiger partial charge in [-0.2, -0.15) is 0 Å². The van der Waals surface area contributed by atoms with Crippen molar-refractivity contribution in [1.29, 1.82) is 0 Å². The first-order valence-corrected chi connectivity index (χ1v) is 5.94. The van der Waals surface area contributed by atoms with E-state index in [-0.39, 0.29) is 6.04 Å². The van der Waals surface area contributed by atoms with Gasteiger partial charge in [-0.15, -0.1) is 0 Å². The van der Waals surface area contributed by atoms with Gasteiger partial charge in [0.25, 0.3) is 0 Å². The van der Waals surface area contributed by atoms with Crippen molar-refractivity contribution in [1.82, 2.24) is 4.98 Å². The molecule has 0 unspecified atom stereocenters. The van der Waals surface area contributed by atoms with Crippen LogP contribution in [0.4, 0.5) is 0 Å². The minimum atomic E-state index is 0.138. The third-order valence-electron chi connectivity index (χ3n) is 3.60. The fraction of sp³-hybridized carbons (Fsp3) is 0.615. The summed E-state index contributed by atoms with van der Waals surface area (Å²) in [7, 11) is 0. The van der Waals surface area contributed by atoms with Crippen LogP contribution in [0.25, 0.3) is 0 Å². The molecule has 0 amide bonds. The monoisotopic (exact) mass is 204 g/mol. The zero-order valence-corrected chi connectivity index (χ0v) is 9.39. The standard InChI is InChI=1S/C13H20N2/c1-10-5-7-11(8-6-10)13(14)12-4-2-3-9-15-12/h2-4,9-11,13H,5-8,14H2,1H3/t10?,11?,13-/m1/s1. The van der Waals surface area contributed by atoms with Gasteiger partial charge in [0.2, 0.25) is 0 Å². The summed E-state index contributed by atoms with van der Waals surface area (Å²) in [6.45, 7) is 2.34. The maximum Gasteiger partial charge on any atom is 0.0573 e. The maximum atomic E-state index is 6.25. The maximum absolute atomic E-state index is 6.25. The molecule has 2 N–H and O–H groups in total. The van der Waals surface area contributed by atoms with Crippen LogP contribution in [-0.4, -0.2) is 4.98 Å². The first-order chi connectivity index (χ1) is 7.27. The van der Waals surface area contributed by atoms with Gasteiger partial charge in [0, 0.05) is 12.2 Å². The summed E-state index contributed by atoms with van der Waals surface area (Å²) in [5.74, 6) is 1.52. The lowest BCUT2D eigenvalue weighted by atomic mass is 9.78. The number of nitrogens with zero attached hydrogens (tertiary/aromatic N) is 1. The number of nitrogens with two attached hydrogens (primary N) is 1. The molecule has 0 saturated heterocycles. The Balaban J connectivity index is 1.99. The van der Waals surface area contributed by atoms with Crippen LogP contribution in [0.5, 0.6) is 0 Å². The van der Waals surface area contributed by atoms with Gasteiger partial charge < -0.3 is 5.73 Å². The third-order valence-corrected chi connectivity index (χ3v) is 3.60. The van der Waals surface area contributed by atoms with Crippen LogP contribution in [0.1, 0.15) is 44.3 Å². The van der Waals surface area contributed by atoms with Crippen LogP contribution >= 0.6 is 0 Å². The Bertz CT molecular complexity index is 289. The topological polar surface area (TPSA) is 38.9 Å². The van der Waals surface area contributed by atoms with E-state index in [2.05, 4.69) is 11.9 Å². The second kappa shape index (κ2) is 4.75. The molecule has 1 aromatic rings. The fourth-order valence-electron chi connectivity index (χ4n) is 2.46. The summed E-state index contributed by atoms with van der Waals surface area (Å²) in [4.78, 5) is 4.35. The Kier molecular flexibility index (Phi) is 3.37.